The molecule has 1 aromatic heterocycles. The zero-order valence-corrected chi connectivity index (χ0v) is 25.0. The fourth-order valence-electron chi connectivity index (χ4n) is 5.59. The van der Waals surface area contributed by atoms with E-state index in [1.165, 1.54) is 7.11 Å². The molecule has 5 rings (SSSR count). The van der Waals surface area contributed by atoms with Gasteiger partial charge in [0.05, 0.1) is 30.2 Å². The molecule has 3 aromatic rings. The molecular formula is C30H39F3N8O2. The average Bonchev–Trinajstić information content (AvgIpc) is 3.62. The Balaban J connectivity index is 0.000000359. The van der Waals surface area contributed by atoms with Gasteiger partial charge in [0, 0.05) is 66.8 Å². The van der Waals surface area contributed by atoms with Crippen LogP contribution in [0.5, 0.6) is 5.75 Å². The van der Waals surface area contributed by atoms with Gasteiger partial charge in [0.25, 0.3) is 5.91 Å². The van der Waals surface area contributed by atoms with Crippen molar-refractivity contribution in [1.82, 2.24) is 19.6 Å². The molecule has 2 saturated heterocycles. The first-order valence-electron chi connectivity index (χ1n) is 13.8. The van der Waals surface area contributed by atoms with E-state index in [9.17, 15) is 18.0 Å². The number of alkyl halides is 3. The number of aryl methyl sites for hydroxylation is 2. The number of aromatic nitrogens is 2. The highest BCUT2D eigenvalue weighted by atomic mass is 19.4. The lowest BCUT2D eigenvalue weighted by Crippen LogP contribution is -2.44. The number of hydrogen-bond donors (Lipinski definition) is 4. The number of hydrogen-bond acceptors (Lipinski definition) is 8. The summed E-state index contributed by atoms with van der Waals surface area (Å²) in [6.07, 6.45) is -1.84. The predicted molar refractivity (Wildman–Crippen MR) is 161 cm³/mol. The number of amides is 1. The summed E-state index contributed by atoms with van der Waals surface area (Å²) < 4.78 is 48.4. The van der Waals surface area contributed by atoms with Gasteiger partial charge in [-0.3, -0.25) is 20.2 Å². The van der Waals surface area contributed by atoms with Crippen molar-refractivity contribution in [2.24, 2.45) is 18.6 Å². The maximum absolute atomic E-state index is 13.7. The highest BCUT2D eigenvalue weighted by molar-refractivity contribution is 6.05. The van der Waals surface area contributed by atoms with Crippen LogP contribution >= 0.6 is 0 Å². The van der Waals surface area contributed by atoms with Crippen LogP contribution < -0.4 is 27.1 Å². The van der Waals surface area contributed by atoms with Gasteiger partial charge in [-0.05, 0) is 57.1 Å². The van der Waals surface area contributed by atoms with E-state index in [0.29, 0.717) is 35.6 Å². The van der Waals surface area contributed by atoms with Crippen LogP contribution in [0.15, 0.2) is 43.1 Å². The smallest absolute Gasteiger partial charge is 0.416 e. The lowest BCUT2D eigenvalue weighted by atomic mass is 10.0. The topological polar surface area (TPSA) is 127 Å². The molecule has 2 fully saturated rings. The van der Waals surface area contributed by atoms with Gasteiger partial charge in [0.1, 0.15) is 5.75 Å². The molecule has 0 radical (unpaired) electrons. The number of likely N-dealkylation sites (N-methyl/N-ethyl adjacent to an activating group) is 1. The molecule has 2 aliphatic rings. The standard InChI is InChI=1S/C23H28F3N5O2.C7H11N3/c1-13-4-5-14(7-19(13)29-27)22(32)28-20-8-16(23(24,25)26)6-15(21(20)33-3)10-31-12-17-9-18(31)11-30(17)2;1-5(8)7-4-9-10(3)6(7)2/h4-8,17-18,29H,9-12,27H2,1-3H3,(H,28,32);4H,1,8H2,2-3H3. The van der Waals surface area contributed by atoms with Crippen molar-refractivity contribution in [2.75, 3.05) is 38.0 Å². The Kier molecular flexibility index (Phi) is 9.38. The largest absolute Gasteiger partial charge is 0.494 e. The number of hydrazine groups is 1. The zero-order chi connectivity index (χ0) is 31.6. The number of anilines is 2. The molecule has 3 heterocycles. The number of carbonyl (C=O) groups excluding carboxylic acids is 1. The maximum atomic E-state index is 13.7. The summed E-state index contributed by atoms with van der Waals surface area (Å²) in [4.78, 5) is 17.4. The Bertz CT molecular complexity index is 1500. The molecule has 0 saturated carbocycles. The summed E-state index contributed by atoms with van der Waals surface area (Å²) in [5, 5.41) is 6.62. The van der Waals surface area contributed by atoms with E-state index >= 15 is 0 Å². The van der Waals surface area contributed by atoms with Gasteiger partial charge in [0.15, 0.2) is 0 Å². The molecule has 10 nitrogen and oxygen atoms in total. The van der Waals surface area contributed by atoms with Gasteiger partial charge in [0.2, 0.25) is 0 Å². The highest BCUT2D eigenvalue weighted by Crippen LogP contribution is 2.40. The molecule has 0 aliphatic carbocycles. The first kappa shape index (κ1) is 31.9. The van der Waals surface area contributed by atoms with Crippen molar-refractivity contribution < 1.29 is 22.7 Å². The number of nitrogen functional groups attached to an aromatic ring is 1. The number of halogens is 3. The second-order valence-corrected chi connectivity index (χ2v) is 11.0. The van der Waals surface area contributed by atoms with E-state index in [-0.39, 0.29) is 17.0 Å². The molecule has 43 heavy (non-hydrogen) atoms. The van der Waals surface area contributed by atoms with E-state index in [1.54, 1.807) is 29.1 Å². The van der Waals surface area contributed by atoms with Crippen LogP contribution in [0.1, 0.15) is 44.7 Å². The lowest BCUT2D eigenvalue weighted by Gasteiger charge is -2.32. The van der Waals surface area contributed by atoms with Gasteiger partial charge in [-0.25, -0.2) is 0 Å². The fraction of sp³-hybridized carbons (Fsp3) is 0.400. The van der Waals surface area contributed by atoms with Crippen molar-refractivity contribution in [3.63, 3.8) is 0 Å². The number of likely N-dealkylation sites (tertiary alicyclic amines) is 2. The third-order valence-electron chi connectivity index (χ3n) is 8.18. The van der Waals surface area contributed by atoms with Crippen LogP contribution in [0.2, 0.25) is 0 Å². The number of fused-ring (bicyclic) bond motifs is 2. The molecule has 13 heteroatoms. The molecule has 1 amide bonds. The molecule has 6 N–H and O–H groups in total. The van der Waals surface area contributed by atoms with Crippen LogP contribution in [0.25, 0.3) is 5.70 Å². The minimum Gasteiger partial charge on any atom is -0.494 e. The van der Waals surface area contributed by atoms with Crippen molar-refractivity contribution >= 4 is 23.0 Å². The Morgan fingerprint density at radius 1 is 1.14 bits per heavy atom. The second kappa shape index (κ2) is 12.7. The van der Waals surface area contributed by atoms with E-state index in [4.69, 9.17) is 16.3 Å². The molecule has 2 aromatic carbocycles. The summed E-state index contributed by atoms with van der Waals surface area (Å²) in [7, 11) is 5.34. The minimum atomic E-state index is -4.56. The van der Waals surface area contributed by atoms with Gasteiger partial charge < -0.3 is 26.1 Å². The summed E-state index contributed by atoms with van der Waals surface area (Å²) in [6, 6.07) is 7.59. The van der Waals surface area contributed by atoms with Crippen LogP contribution in [-0.2, 0) is 19.8 Å². The van der Waals surface area contributed by atoms with Gasteiger partial charge >= 0.3 is 6.18 Å². The van der Waals surface area contributed by atoms with Gasteiger partial charge in [-0.1, -0.05) is 12.6 Å². The van der Waals surface area contributed by atoms with Crippen molar-refractivity contribution in [3.8, 4) is 5.75 Å². The van der Waals surface area contributed by atoms with Crippen molar-refractivity contribution in [2.45, 2.75) is 45.1 Å². The molecule has 2 atom stereocenters. The number of methoxy groups -OCH3 is 1. The number of nitrogens with one attached hydrogen (secondary N) is 2. The summed E-state index contributed by atoms with van der Waals surface area (Å²) in [5.41, 5.74) is 11.7. The van der Waals surface area contributed by atoms with E-state index < -0.39 is 17.6 Å². The van der Waals surface area contributed by atoms with Gasteiger partial charge in [-0.15, -0.1) is 0 Å². The highest BCUT2D eigenvalue weighted by Gasteiger charge is 2.42. The molecular weight excluding hydrogens is 561 g/mol. The summed E-state index contributed by atoms with van der Waals surface area (Å²) in [6.45, 7) is 9.40. The Morgan fingerprint density at radius 2 is 1.86 bits per heavy atom. The number of nitrogens with zero attached hydrogens (tertiary/aromatic N) is 4. The third kappa shape index (κ3) is 6.95. The first-order chi connectivity index (χ1) is 20.2. The summed E-state index contributed by atoms with van der Waals surface area (Å²) in [5.74, 6) is 5.16. The number of ether oxygens (including phenoxy) is 1. The van der Waals surface area contributed by atoms with Crippen LogP contribution in [-0.4, -0.2) is 64.8 Å². The van der Waals surface area contributed by atoms with Crippen molar-refractivity contribution in [3.05, 3.63) is 76.6 Å². The lowest BCUT2D eigenvalue weighted by molar-refractivity contribution is -0.137. The van der Waals surface area contributed by atoms with E-state index in [0.717, 1.165) is 48.5 Å². The number of rotatable bonds is 7. The van der Waals surface area contributed by atoms with Crippen LogP contribution in [0.4, 0.5) is 24.5 Å². The monoisotopic (exact) mass is 600 g/mol. The number of nitrogens with two attached hydrogens (primary N) is 2. The number of piperazine rings is 1. The minimum absolute atomic E-state index is 0.0170. The average molecular weight is 601 g/mol. The molecule has 2 bridgehead atoms. The Hall–Kier alpha value is -4.07. The van der Waals surface area contributed by atoms with E-state index in [1.807, 2.05) is 20.9 Å². The zero-order valence-electron chi connectivity index (χ0n) is 25.0. The normalized spacial score (nSPS) is 18.3. The van der Waals surface area contributed by atoms with Gasteiger partial charge in [-0.2, -0.15) is 18.3 Å². The molecule has 0 spiro atoms. The molecule has 232 valence electrons. The first-order valence-corrected chi connectivity index (χ1v) is 13.8. The number of carbonyl (C=O) groups is 1. The Labute approximate surface area is 249 Å². The fourth-order valence-corrected chi connectivity index (χ4v) is 5.59. The van der Waals surface area contributed by atoms with Crippen LogP contribution in [0, 0.1) is 13.8 Å². The second-order valence-electron chi connectivity index (χ2n) is 11.0. The quantitative estimate of drug-likeness (QED) is 0.236. The molecule has 2 aliphatic heterocycles. The number of benzene rings is 2. The summed E-state index contributed by atoms with van der Waals surface area (Å²) >= 11 is 0. The SMILES string of the molecule is C=C(N)c1cnn(C)c1C.COc1c(CN2CC3CC2CN3C)cc(C(F)(F)F)cc1NC(=O)c1ccc(C)c(NN)c1. The third-order valence-corrected chi connectivity index (χ3v) is 8.18. The maximum Gasteiger partial charge on any atom is 0.416 e. The van der Waals surface area contributed by atoms with E-state index in [2.05, 4.69) is 39.3 Å². The molecule has 2 unspecified atom stereocenters. The van der Waals surface area contributed by atoms with Crippen LogP contribution in [0.3, 0.4) is 0 Å². The van der Waals surface area contributed by atoms with Crippen molar-refractivity contribution in [1.29, 1.82) is 0 Å². The Morgan fingerprint density at radius 3 is 2.35 bits per heavy atom. The predicted octanol–water partition coefficient (Wildman–Crippen LogP) is 4.11.